The van der Waals surface area contributed by atoms with Crippen LogP contribution in [0.15, 0.2) is 23.4 Å². The monoisotopic (exact) mass is 347 g/mol. The maximum absolute atomic E-state index is 13.0. The number of hydrogen-bond donors (Lipinski definition) is 0. The van der Waals surface area contributed by atoms with E-state index in [2.05, 4.69) is 10.2 Å². The molecule has 3 rings (SSSR count). The van der Waals surface area contributed by atoms with Crippen molar-refractivity contribution in [1.29, 1.82) is 0 Å². The second kappa shape index (κ2) is 6.67. The molecule has 6 heteroatoms. The molecule has 1 aromatic carbocycles. The van der Waals surface area contributed by atoms with E-state index < -0.39 is 9.84 Å². The van der Waals surface area contributed by atoms with E-state index in [4.69, 9.17) is 0 Å². The summed E-state index contributed by atoms with van der Waals surface area (Å²) in [7, 11) is -3.52. The van der Waals surface area contributed by atoms with Crippen LogP contribution < -0.4 is 0 Å². The summed E-state index contributed by atoms with van der Waals surface area (Å²) in [6.07, 6.45) is 5.51. The Balaban J connectivity index is 1.95. The number of aryl methyl sites for hydroxylation is 3. The highest BCUT2D eigenvalue weighted by Crippen LogP contribution is 2.31. The van der Waals surface area contributed by atoms with Crippen LogP contribution in [0.2, 0.25) is 0 Å². The molecule has 0 saturated heterocycles. The topological polar surface area (TPSA) is 64.8 Å². The van der Waals surface area contributed by atoms with Crippen LogP contribution in [-0.4, -0.2) is 23.2 Å². The third-order valence-corrected chi connectivity index (χ3v) is 6.24. The molecule has 1 fully saturated rings. The molecule has 0 aliphatic heterocycles. The summed E-state index contributed by atoms with van der Waals surface area (Å²) in [6, 6.07) is 6.11. The van der Waals surface area contributed by atoms with Crippen molar-refractivity contribution in [3.63, 3.8) is 0 Å². The zero-order valence-electron chi connectivity index (χ0n) is 14.6. The van der Waals surface area contributed by atoms with Gasteiger partial charge in [0.1, 0.15) is 5.82 Å². The minimum Gasteiger partial charge on any atom is -0.299 e. The van der Waals surface area contributed by atoms with E-state index in [1.165, 1.54) is 6.42 Å². The van der Waals surface area contributed by atoms with E-state index in [9.17, 15) is 8.42 Å². The Labute approximate surface area is 144 Å². The average Bonchev–Trinajstić information content (AvgIpc) is 2.89. The summed E-state index contributed by atoms with van der Waals surface area (Å²) >= 11 is 0. The lowest BCUT2D eigenvalue weighted by Crippen LogP contribution is -2.20. The van der Waals surface area contributed by atoms with Crippen LogP contribution in [0, 0.1) is 20.8 Å². The Morgan fingerprint density at radius 2 is 1.62 bits per heavy atom. The molecule has 130 valence electrons. The predicted octanol–water partition coefficient (Wildman–Crippen LogP) is 3.68. The second-order valence-electron chi connectivity index (χ2n) is 6.95. The standard InChI is InChI=1S/C18H25N3O2S/c1-13-9-14(2)11-16(10-13)12-24(22,23)18-20-19-15(3)21(18)17-7-5-4-6-8-17/h9-11,17H,4-8,12H2,1-3H3. The molecule has 1 heterocycles. The SMILES string of the molecule is Cc1cc(C)cc(CS(=O)(=O)c2nnc(C)n2C2CCCCC2)c1. The molecule has 0 spiro atoms. The van der Waals surface area contributed by atoms with E-state index in [1.807, 2.05) is 43.5 Å². The number of benzene rings is 1. The fourth-order valence-corrected chi connectivity index (χ4v) is 5.24. The molecule has 1 aliphatic rings. The van der Waals surface area contributed by atoms with Crippen LogP contribution in [-0.2, 0) is 15.6 Å². The number of aromatic nitrogens is 3. The Bertz CT molecular complexity index is 814. The molecule has 1 saturated carbocycles. The van der Waals surface area contributed by atoms with Crippen LogP contribution in [0.4, 0.5) is 0 Å². The van der Waals surface area contributed by atoms with Gasteiger partial charge in [0.25, 0.3) is 0 Å². The molecular formula is C18H25N3O2S. The predicted molar refractivity (Wildman–Crippen MR) is 93.7 cm³/mol. The van der Waals surface area contributed by atoms with E-state index in [-0.39, 0.29) is 17.0 Å². The number of nitrogens with zero attached hydrogens (tertiary/aromatic N) is 3. The Kier molecular flexibility index (Phi) is 4.76. The number of rotatable bonds is 4. The van der Waals surface area contributed by atoms with Gasteiger partial charge in [0.2, 0.25) is 15.0 Å². The van der Waals surface area contributed by atoms with Gasteiger partial charge in [-0.05, 0) is 39.2 Å². The lowest BCUT2D eigenvalue weighted by atomic mass is 9.95. The van der Waals surface area contributed by atoms with Crippen molar-refractivity contribution in [3.05, 3.63) is 40.7 Å². The molecule has 1 aliphatic carbocycles. The van der Waals surface area contributed by atoms with Gasteiger partial charge in [0, 0.05) is 6.04 Å². The summed E-state index contributed by atoms with van der Waals surface area (Å²) in [5, 5.41) is 8.23. The average molecular weight is 347 g/mol. The molecule has 1 aromatic heterocycles. The summed E-state index contributed by atoms with van der Waals surface area (Å²) in [4.78, 5) is 0. The summed E-state index contributed by atoms with van der Waals surface area (Å²) in [5.41, 5.74) is 2.96. The lowest BCUT2D eigenvalue weighted by molar-refractivity contribution is 0.329. The number of hydrogen-bond acceptors (Lipinski definition) is 4. The molecule has 5 nitrogen and oxygen atoms in total. The maximum Gasteiger partial charge on any atom is 0.250 e. The van der Waals surface area contributed by atoms with Crippen molar-refractivity contribution in [2.45, 2.75) is 69.8 Å². The number of sulfone groups is 1. The highest BCUT2D eigenvalue weighted by Gasteiger charge is 2.29. The van der Waals surface area contributed by atoms with Crippen LogP contribution in [0.25, 0.3) is 0 Å². The highest BCUT2D eigenvalue weighted by atomic mass is 32.2. The first-order chi connectivity index (χ1) is 11.4. The van der Waals surface area contributed by atoms with Crippen molar-refractivity contribution in [2.24, 2.45) is 0 Å². The van der Waals surface area contributed by atoms with Crippen LogP contribution >= 0.6 is 0 Å². The third kappa shape index (κ3) is 3.53. The Hall–Kier alpha value is -1.69. The van der Waals surface area contributed by atoms with Gasteiger partial charge in [-0.2, -0.15) is 0 Å². The van der Waals surface area contributed by atoms with Gasteiger partial charge in [0.15, 0.2) is 0 Å². The van der Waals surface area contributed by atoms with Gasteiger partial charge in [-0.3, -0.25) is 4.57 Å². The molecule has 0 unspecified atom stereocenters. The molecular weight excluding hydrogens is 322 g/mol. The van der Waals surface area contributed by atoms with Crippen molar-refractivity contribution in [2.75, 3.05) is 0 Å². The Morgan fingerprint density at radius 1 is 1.00 bits per heavy atom. The van der Waals surface area contributed by atoms with E-state index >= 15 is 0 Å². The van der Waals surface area contributed by atoms with Crippen LogP contribution in [0.5, 0.6) is 0 Å². The zero-order valence-corrected chi connectivity index (χ0v) is 15.4. The normalized spacial score (nSPS) is 16.5. The third-order valence-electron chi connectivity index (χ3n) is 4.69. The molecule has 0 radical (unpaired) electrons. The molecule has 2 aromatic rings. The van der Waals surface area contributed by atoms with Gasteiger partial charge < -0.3 is 0 Å². The van der Waals surface area contributed by atoms with Gasteiger partial charge in [-0.15, -0.1) is 10.2 Å². The lowest BCUT2D eigenvalue weighted by Gasteiger charge is -2.25. The van der Waals surface area contributed by atoms with Crippen molar-refractivity contribution in [1.82, 2.24) is 14.8 Å². The minimum absolute atomic E-state index is 0.0274. The maximum atomic E-state index is 13.0. The van der Waals surface area contributed by atoms with Gasteiger partial charge in [0.05, 0.1) is 5.75 Å². The second-order valence-corrected chi connectivity index (χ2v) is 8.83. The zero-order chi connectivity index (χ0) is 17.3. The first kappa shape index (κ1) is 17.1. The molecule has 0 N–H and O–H groups in total. The first-order valence-corrected chi connectivity index (χ1v) is 10.2. The van der Waals surface area contributed by atoms with Crippen LogP contribution in [0.3, 0.4) is 0 Å². The van der Waals surface area contributed by atoms with E-state index in [0.29, 0.717) is 5.82 Å². The molecule has 0 atom stereocenters. The van der Waals surface area contributed by atoms with Crippen LogP contribution in [0.1, 0.15) is 60.7 Å². The summed E-state index contributed by atoms with van der Waals surface area (Å²) < 4.78 is 27.8. The summed E-state index contributed by atoms with van der Waals surface area (Å²) in [6.45, 7) is 5.81. The van der Waals surface area contributed by atoms with E-state index in [1.54, 1.807) is 0 Å². The smallest absolute Gasteiger partial charge is 0.250 e. The molecule has 0 amide bonds. The molecule has 24 heavy (non-hydrogen) atoms. The van der Waals surface area contributed by atoms with Crippen molar-refractivity contribution in [3.8, 4) is 0 Å². The summed E-state index contributed by atoms with van der Waals surface area (Å²) in [5.74, 6) is 0.668. The van der Waals surface area contributed by atoms with Gasteiger partial charge >= 0.3 is 0 Å². The quantitative estimate of drug-likeness (QED) is 0.846. The highest BCUT2D eigenvalue weighted by molar-refractivity contribution is 7.90. The van der Waals surface area contributed by atoms with Crippen molar-refractivity contribution >= 4 is 9.84 Å². The van der Waals surface area contributed by atoms with E-state index in [0.717, 1.165) is 42.4 Å². The fourth-order valence-electron chi connectivity index (χ4n) is 3.76. The molecule has 0 bridgehead atoms. The first-order valence-electron chi connectivity index (χ1n) is 8.58. The largest absolute Gasteiger partial charge is 0.299 e. The van der Waals surface area contributed by atoms with Crippen molar-refractivity contribution < 1.29 is 8.42 Å². The Morgan fingerprint density at radius 3 is 2.25 bits per heavy atom. The fraction of sp³-hybridized carbons (Fsp3) is 0.556. The van der Waals surface area contributed by atoms with Gasteiger partial charge in [-0.25, -0.2) is 8.42 Å². The van der Waals surface area contributed by atoms with Gasteiger partial charge in [-0.1, -0.05) is 48.6 Å². The minimum atomic E-state index is -3.52.